The van der Waals surface area contributed by atoms with Crippen LogP contribution in [-0.4, -0.2) is 48.9 Å². The van der Waals surface area contributed by atoms with Crippen molar-refractivity contribution in [3.63, 3.8) is 0 Å². The smallest absolute Gasteiger partial charge is 0.239 e. The first kappa shape index (κ1) is 20.3. The number of nitrogens with one attached hydrogen (secondary N) is 2. The van der Waals surface area contributed by atoms with E-state index in [4.69, 9.17) is 0 Å². The van der Waals surface area contributed by atoms with Crippen LogP contribution in [0.1, 0.15) is 38.2 Å². The van der Waals surface area contributed by atoms with Crippen LogP contribution in [0.25, 0.3) is 10.8 Å². The fourth-order valence-electron chi connectivity index (χ4n) is 3.92. The summed E-state index contributed by atoms with van der Waals surface area (Å²) in [7, 11) is 0. The fourth-order valence-corrected chi connectivity index (χ4v) is 3.92. The zero-order valence-electron chi connectivity index (χ0n) is 16.7. The van der Waals surface area contributed by atoms with Crippen molar-refractivity contribution in [1.29, 1.82) is 0 Å². The van der Waals surface area contributed by atoms with Crippen LogP contribution in [0.2, 0.25) is 0 Å². The van der Waals surface area contributed by atoms with E-state index in [9.17, 15) is 9.59 Å². The van der Waals surface area contributed by atoms with Crippen molar-refractivity contribution >= 4 is 22.6 Å². The van der Waals surface area contributed by atoms with E-state index in [1.54, 1.807) is 0 Å². The summed E-state index contributed by atoms with van der Waals surface area (Å²) >= 11 is 0. The Balaban J connectivity index is 1.35. The molecule has 2 amide bonds. The molecule has 0 aromatic heterocycles. The van der Waals surface area contributed by atoms with Gasteiger partial charge >= 0.3 is 0 Å². The molecule has 1 fully saturated rings. The number of piperidine rings is 1. The van der Waals surface area contributed by atoms with E-state index >= 15 is 0 Å². The highest BCUT2D eigenvalue weighted by molar-refractivity contribution is 5.91. The predicted molar refractivity (Wildman–Crippen MR) is 113 cm³/mol. The summed E-state index contributed by atoms with van der Waals surface area (Å²) in [5.74, 6) is -0.258. The van der Waals surface area contributed by atoms with Gasteiger partial charge in [-0.3, -0.25) is 9.59 Å². The zero-order valence-corrected chi connectivity index (χ0v) is 16.7. The average Bonchev–Trinajstić information content (AvgIpc) is 2.71. The van der Waals surface area contributed by atoms with Gasteiger partial charge in [0.05, 0.1) is 13.0 Å². The summed E-state index contributed by atoms with van der Waals surface area (Å²) in [6, 6.07) is 14.6. The van der Waals surface area contributed by atoms with Gasteiger partial charge in [-0.05, 0) is 49.1 Å². The van der Waals surface area contributed by atoms with Crippen LogP contribution in [0.3, 0.4) is 0 Å². The second-order valence-corrected chi connectivity index (χ2v) is 7.68. The van der Waals surface area contributed by atoms with Crippen molar-refractivity contribution in [3.05, 3.63) is 48.0 Å². The van der Waals surface area contributed by atoms with Gasteiger partial charge < -0.3 is 15.5 Å². The molecule has 1 aliphatic rings. The summed E-state index contributed by atoms with van der Waals surface area (Å²) in [5, 5.41) is 7.84. The molecule has 5 heteroatoms. The third-order valence-electron chi connectivity index (χ3n) is 5.56. The number of hydrogen-bond acceptors (Lipinski definition) is 3. The molecule has 0 aliphatic carbocycles. The van der Waals surface area contributed by atoms with Crippen molar-refractivity contribution in [3.8, 4) is 0 Å². The fraction of sp³-hybridized carbons (Fsp3) is 0.478. The van der Waals surface area contributed by atoms with E-state index in [2.05, 4.69) is 22.5 Å². The van der Waals surface area contributed by atoms with Crippen LogP contribution in [0.15, 0.2) is 42.5 Å². The van der Waals surface area contributed by atoms with Crippen LogP contribution in [0.4, 0.5) is 0 Å². The van der Waals surface area contributed by atoms with E-state index < -0.39 is 0 Å². The Morgan fingerprint density at radius 1 is 1.04 bits per heavy atom. The number of nitrogens with zero attached hydrogens (tertiary/aromatic N) is 1. The Labute approximate surface area is 167 Å². The highest BCUT2D eigenvalue weighted by Gasteiger charge is 2.17. The van der Waals surface area contributed by atoms with Crippen molar-refractivity contribution in [2.75, 3.05) is 26.2 Å². The van der Waals surface area contributed by atoms with Crippen LogP contribution in [0, 0.1) is 0 Å². The second-order valence-electron chi connectivity index (χ2n) is 7.68. The highest BCUT2D eigenvalue weighted by Crippen LogP contribution is 2.19. The highest BCUT2D eigenvalue weighted by atomic mass is 16.2. The van der Waals surface area contributed by atoms with Gasteiger partial charge in [-0.15, -0.1) is 0 Å². The number of benzene rings is 2. The second kappa shape index (κ2) is 10.2. The summed E-state index contributed by atoms with van der Waals surface area (Å²) in [4.78, 5) is 26.7. The maximum atomic E-state index is 12.2. The topological polar surface area (TPSA) is 61.4 Å². The maximum absolute atomic E-state index is 12.2. The number of carbonyl (C=O) groups is 2. The lowest BCUT2D eigenvalue weighted by Crippen LogP contribution is -2.41. The summed E-state index contributed by atoms with van der Waals surface area (Å²) in [6.45, 7) is 5.16. The van der Waals surface area contributed by atoms with Crippen molar-refractivity contribution in [2.45, 2.75) is 45.1 Å². The van der Waals surface area contributed by atoms with E-state index in [-0.39, 0.29) is 24.8 Å². The minimum atomic E-state index is -0.131. The number of hydrogen-bond donors (Lipinski definition) is 2. The van der Waals surface area contributed by atoms with Gasteiger partial charge in [0, 0.05) is 19.1 Å². The molecule has 0 saturated carbocycles. The Bertz CT molecular complexity index is 800. The molecule has 28 heavy (non-hydrogen) atoms. The minimum Gasteiger partial charge on any atom is -0.355 e. The monoisotopic (exact) mass is 381 g/mol. The molecule has 150 valence electrons. The van der Waals surface area contributed by atoms with Crippen LogP contribution >= 0.6 is 0 Å². The molecule has 1 atom stereocenters. The molecule has 1 aliphatic heterocycles. The molecule has 2 N–H and O–H groups in total. The number of carbonyl (C=O) groups excluding carboxylic acids is 2. The summed E-state index contributed by atoms with van der Waals surface area (Å²) < 4.78 is 0. The minimum absolute atomic E-state index is 0.0315. The van der Waals surface area contributed by atoms with Crippen molar-refractivity contribution in [1.82, 2.24) is 15.5 Å². The Morgan fingerprint density at radius 2 is 1.86 bits per heavy atom. The molecule has 2 aromatic rings. The normalized spacial score (nSPS) is 17.4. The van der Waals surface area contributed by atoms with Gasteiger partial charge in [-0.25, -0.2) is 0 Å². The molecule has 3 rings (SSSR count). The van der Waals surface area contributed by atoms with Crippen LogP contribution in [0.5, 0.6) is 0 Å². The van der Waals surface area contributed by atoms with Crippen molar-refractivity contribution in [2.24, 2.45) is 0 Å². The standard InChI is InChI=1S/C23H31N3O2/c1-18-8-4-5-14-26(18)15-7-13-24-23(28)17-25-22(27)16-20-11-6-10-19-9-2-3-12-21(19)20/h2-3,6,9-12,18H,4-5,7-8,13-17H2,1H3,(H,24,28)(H,25,27)/t18-/m1/s1. The Morgan fingerprint density at radius 3 is 2.71 bits per heavy atom. The average molecular weight is 382 g/mol. The summed E-state index contributed by atoms with van der Waals surface area (Å²) in [6.07, 6.45) is 5.10. The van der Waals surface area contributed by atoms with E-state index in [1.807, 2.05) is 42.5 Å². The maximum Gasteiger partial charge on any atom is 0.239 e. The first-order valence-corrected chi connectivity index (χ1v) is 10.4. The number of fused-ring (bicyclic) bond motifs is 1. The zero-order chi connectivity index (χ0) is 19.8. The first-order valence-electron chi connectivity index (χ1n) is 10.4. The lowest BCUT2D eigenvalue weighted by atomic mass is 10.0. The largest absolute Gasteiger partial charge is 0.355 e. The molecule has 2 aromatic carbocycles. The van der Waals surface area contributed by atoms with Crippen LogP contribution < -0.4 is 10.6 Å². The lowest BCUT2D eigenvalue weighted by molar-refractivity contribution is -0.125. The number of likely N-dealkylation sites (tertiary alicyclic amines) is 1. The van der Waals surface area contributed by atoms with Crippen molar-refractivity contribution < 1.29 is 9.59 Å². The van der Waals surface area contributed by atoms with Gasteiger partial charge in [0.15, 0.2) is 0 Å². The van der Waals surface area contributed by atoms with E-state index in [1.165, 1.54) is 25.8 Å². The molecule has 0 radical (unpaired) electrons. The number of rotatable bonds is 8. The van der Waals surface area contributed by atoms with Gasteiger partial charge in [0.1, 0.15) is 0 Å². The molecule has 0 bridgehead atoms. The molecule has 1 heterocycles. The quantitative estimate of drug-likeness (QED) is 0.691. The molecular formula is C23H31N3O2. The first-order chi connectivity index (χ1) is 13.6. The van der Waals surface area contributed by atoms with E-state index in [0.717, 1.165) is 29.3 Å². The van der Waals surface area contributed by atoms with Gasteiger partial charge in [-0.1, -0.05) is 48.9 Å². The molecular weight excluding hydrogens is 350 g/mol. The molecule has 0 spiro atoms. The molecule has 5 nitrogen and oxygen atoms in total. The lowest BCUT2D eigenvalue weighted by Gasteiger charge is -2.33. The molecule has 1 saturated heterocycles. The third-order valence-corrected chi connectivity index (χ3v) is 5.56. The Kier molecular flexibility index (Phi) is 7.43. The number of amides is 2. The molecule has 0 unspecified atom stereocenters. The predicted octanol–water partition coefficient (Wildman–Crippen LogP) is 2.88. The van der Waals surface area contributed by atoms with Gasteiger partial charge in [-0.2, -0.15) is 0 Å². The third kappa shape index (κ3) is 5.80. The SMILES string of the molecule is C[C@@H]1CCCCN1CCCNC(=O)CNC(=O)Cc1cccc2ccccc12. The van der Waals surface area contributed by atoms with Gasteiger partial charge in [0.2, 0.25) is 11.8 Å². The Hall–Kier alpha value is -2.40. The van der Waals surface area contributed by atoms with E-state index in [0.29, 0.717) is 12.6 Å². The van der Waals surface area contributed by atoms with Crippen LogP contribution in [-0.2, 0) is 16.0 Å². The summed E-state index contributed by atoms with van der Waals surface area (Å²) in [5.41, 5.74) is 0.978. The van der Waals surface area contributed by atoms with Gasteiger partial charge in [0.25, 0.3) is 0 Å².